The van der Waals surface area contributed by atoms with Gasteiger partial charge in [-0.2, -0.15) is 5.10 Å². The van der Waals surface area contributed by atoms with E-state index in [0.717, 1.165) is 27.7 Å². The second kappa shape index (κ2) is 7.92. The summed E-state index contributed by atoms with van der Waals surface area (Å²) in [5, 5.41) is 13.1. The Balaban J connectivity index is 1.55. The van der Waals surface area contributed by atoms with Crippen molar-refractivity contribution >= 4 is 17.2 Å². The molecular formula is C20H24N4O2S. The van der Waals surface area contributed by atoms with Gasteiger partial charge in [0, 0.05) is 29.3 Å². The van der Waals surface area contributed by atoms with Gasteiger partial charge in [-0.1, -0.05) is 20.8 Å². The zero-order valence-electron chi connectivity index (χ0n) is 16.0. The summed E-state index contributed by atoms with van der Waals surface area (Å²) >= 11 is 1.64. The van der Waals surface area contributed by atoms with Crippen LogP contribution >= 0.6 is 11.3 Å². The number of H-pyrrole nitrogens is 1. The number of carbonyl (C=O) groups is 1. The Bertz CT molecular complexity index is 907. The van der Waals surface area contributed by atoms with E-state index in [1.165, 1.54) is 0 Å². The lowest BCUT2D eigenvalue weighted by Gasteiger charge is -2.14. The molecule has 0 fully saturated rings. The van der Waals surface area contributed by atoms with Gasteiger partial charge in [0.2, 0.25) is 0 Å². The normalized spacial score (nSPS) is 11.4. The molecule has 0 saturated heterocycles. The fourth-order valence-electron chi connectivity index (χ4n) is 2.50. The minimum atomic E-state index is -0.171. The number of rotatable bonds is 6. The van der Waals surface area contributed by atoms with E-state index in [0.29, 0.717) is 18.7 Å². The number of thiazole rings is 1. The van der Waals surface area contributed by atoms with Crippen LogP contribution < -0.4 is 10.1 Å². The van der Waals surface area contributed by atoms with E-state index < -0.39 is 0 Å². The summed E-state index contributed by atoms with van der Waals surface area (Å²) in [7, 11) is 1.63. The first-order valence-electron chi connectivity index (χ1n) is 8.80. The van der Waals surface area contributed by atoms with E-state index in [1.807, 2.05) is 24.3 Å². The van der Waals surface area contributed by atoms with Gasteiger partial charge in [-0.05, 0) is 30.3 Å². The molecule has 1 amide bonds. The molecule has 0 aliphatic heterocycles. The first-order valence-corrected chi connectivity index (χ1v) is 9.67. The highest BCUT2D eigenvalue weighted by Crippen LogP contribution is 2.24. The van der Waals surface area contributed by atoms with Crippen LogP contribution in [0, 0.1) is 0 Å². The van der Waals surface area contributed by atoms with Crippen LogP contribution in [0.15, 0.2) is 35.7 Å². The maximum absolute atomic E-state index is 12.3. The number of carbonyl (C=O) groups excluding carboxylic acids is 1. The number of ether oxygens (including phenoxy) is 1. The standard InChI is InChI=1S/C20H24N4O2S/c1-20(2,3)17-12-27-18(22-17)9-10-21-19(25)16-11-15(23-24-16)13-5-7-14(26-4)8-6-13/h5-8,11-12H,9-10H2,1-4H3,(H,21,25)(H,23,24). The molecule has 2 N–H and O–H groups in total. The number of nitrogens with one attached hydrogen (secondary N) is 2. The van der Waals surface area contributed by atoms with Crippen molar-refractivity contribution in [2.45, 2.75) is 32.6 Å². The van der Waals surface area contributed by atoms with E-state index in [-0.39, 0.29) is 11.3 Å². The van der Waals surface area contributed by atoms with Crippen LogP contribution in [0.2, 0.25) is 0 Å². The lowest BCUT2D eigenvalue weighted by molar-refractivity contribution is 0.0949. The van der Waals surface area contributed by atoms with E-state index in [1.54, 1.807) is 24.5 Å². The first kappa shape index (κ1) is 19.1. The Kier molecular flexibility index (Phi) is 5.60. The van der Waals surface area contributed by atoms with Crippen molar-refractivity contribution in [1.29, 1.82) is 0 Å². The summed E-state index contributed by atoms with van der Waals surface area (Å²) in [6.07, 6.45) is 0.714. The molecule has 142 valence electrons. The highest BCUT2D eigenvalue weighted by Gasteiger charge is 2.17. The topological polar surface area (TPSA) is 79.9 Å². The molecule has 1 aromatic carbocycles. The van der Waals surface area contributed by atoms with Gasteiger partial charge in [0.1, 0.15) is 11.4 Å². The lowest BCUT2D eigenvalue weighted by Crippen LogP contribution is -2.26. The maximum atomic E-state index is 12.3. The minimum absolute atomic E-state index is 0.0474. The van der Waals surface area contributed by atoms with Crippen molar-refractivity contribution in [3.8, 4) is 17.0 Å². The Morgan fingerprint density at radius 3 is 2.63 bits per heavy atom. The molecule has 0 aliphatic carbocycles. The summed E-state index contributed by atoms with van der Waals surface area (Å²) in [5.41, 5.74) is 3.22. The summed E-state index contributed by atoms with van der Waals surface area (Å²) in [6, 6.07) is 9.30. The van der Waals surface area contributed by atoms with Crippen LogP contribution in [0.3, 0.4) is 0 Å². The van der Waals surface area contributed by atoms with Gasteiger partial charge in [-0.25, -0.2) is 4.98 Å². The van der Waals surface area contributed by atoms with Crippen LogP contribution in [0.4, 0.5) is 0 Å². The second-order valence-electron chi connectivity index (χ2n) is 7.28. The van der Waals surface area contributed by atoms with Crippen molar-refractivity contribution in [1.82, 2.24) is 20.5 Å². The van der Waals surface area contributed by atoms with Crippen LogP contribution in [0.25, 0.3) is 11.3 Å². The zero-order chi connectivity index (χ0) is 19.4. The number of amides is 1. The second-order valence-corrected chi connectivity index (χ2v) is 8.22. The molecule has 6 nitrogen and oxygen atoms in total. The van der Waals surface area contributed by atoms with E-state index in [4.69, 9.17) is 4.74 Å². The number of hydrogen-bond donors (Lipinski definition) is 2. The van der Waals surface area contributed by atoms with Crippen molar-refractivity contribution in [3.05, 3.63) is 52.1 Å². The average molecular weight is 385 g/mol. The molecule has 3 rings (SSSR count). The number of methoxy groups -OCH3 is 1. The molecule has 7 heteroatoms. The summed E-state index contributed by atoms with van der Waals surface area (Å²) in [4.78, 5) is 17.0. The van der Waals surface area contributed by atoms with Crippen molar-refractivity contribution < 1.29 is 9.53 Å². The number of aromatic nitrogens is 3. The Hall–Kier alpha value is -2.67. The van der Waals surface area contributed by atoms with Gasteiger partial charge in [0.05, 0.1) is 23.5 Å². The van der Waals surface area contributed by atoms with Crippen LogP contribution in [0.5, 0.6) is 5.75 Å². The Labute approximate surface area is 163 Å². The van der Waals surface area contributed by atoms with Gasteiger partial charge in [-0.15, -0.1) is 11.3 Å². The number of aromatic amines is 1. The van der Waals surface area contributed by atoms with Crippen LogP contribution in [-0.2, 0) is 11.8 Å². The molecule has 0 saturated carbocycles. The zero-order valence-corrected chi connectivity index (χ0v) is 16.8. The van der Waals surface area contributed by atoms with Gasteiger partial charge >= 0.3 is 0 Å². The van der Waals surface area contributed by atoms with E-state index in [9.17, 15) is 4.79 Å². The monoisotopic (exact) mass is 384 g/mol. The molecule has 0 atom stereocenters. The number of benzene rings is 1. The Morgan fingerprint density at radius 1 is 1.26 bits per heavy atom. The van der Waals surface area contributed by atoms with Gasteiger partial charge in [0.15, 0.2) is 0 Å². The van der Waals surface area contributed by atoms with E-state index in [2.05, 4.69) is 46.6 Å². The van der Waals surface area contributed by atoms with E-state index >= 15 is 0 Å². The third kappa shape index (κ3) is 4.74. The van der Waals surface area contributed by atoms with Crippen LogP contribution in [-0.4, -0.2) is 34.7 Å². The predicted octanol–water partition coefficient (Wildman–Crippen LogP) is 3.81. The molecule has 0 radical (unpaired) electrons. The fourth-order valence-corrected chi connectivity index (χ4v) is 3.52. The largest absolute Gasteiger partial charge is 0.497 e. The van der Waals surface area contributed by atoms with Gasteiger partial charge in [-0.3, -0.25) is 9.89 Å². The Morgan fingerprint density at radius 2 is 2.00 bits per heavy atom. The predicted molar refractivity (Wildman–Crippen MR) is 107 cm³/mol. The molecule has 0 spiro atoms. The quantitative estimate of drug-likeness (QED) is 0.677. The van der Waals surface area contributed by atoms with Gasteiger partial charge in [0.25, 0.3) is 5.91 Å². The SMILES string of the molecule is COc1ccc(-c2cc(C(=O)NCCc3nc(C(C)(C)C)cs3)[nH]n2)cc1. The molecule has 0 bridgehead atoms. The molecule has 0 unspecified atom stereocenters. The molecule has 2 aromatic heterocycles. The molecule has 27 heavy (non-hydrogen) atoms. The van der Waals surface area contributed by atoms with Crippen molar-refractivity contribution in [2.75, 3.05) is 13.7 Å². The third-order valence-corrected chi connectivity index (χ3v) is 5.06. The highest BCUT2D eigenvalue weighted by molar-refractivity contribution is 7.09. The summed E-state index contributed by atoms with van der Waals surface area (Å²) < 4.78 is 5.15. The number of nitrogens with zero attached hydrogens (tertiary/aromatic N) is 2. The third-order valence-electron chi connectivity index (χ3n) is 4.15. The lowest BCUT2D eigenvalue weighted by atomic mass is 9.93. The molecule has 2 heterocycles. The fraction of sp³-hybridized carbons (Fsp3) is 0.350. The summed E-state index contributed by atoms with van der Waals surface area (Å²) in [5.74, 6) is 0.610. The first-order chi connectivity index (χ1) is 12.9. The van der Waals surface area contributed by atoms with Gasteiger partial charge < -0.3 is 10.1 Å². The average Bonchev–Trinajstić information content (AvgIpc) is 3.31. The molecule has 3 aromatic rings. The highest BCUT2D eigenvalue weighted by atomic mass is 32.1. The number of hydrogen-bond acceptors (Lipinski definition) is 5. The minimum Gasteiger partial charge on any atom is -0.497 e. The van der Waals surface area contributed by atoms with Crippen LogP contribution in [0.1, 0.15) is 42.0 Å². The summed E-state index contributed by atoms with van der Waals surface area (Å²) in [6.45, 7) is 6.97. The maximum Gasteiger partial charge on any atom is 0.269 e. The smallest absolute Gasteiger partial charge is 0.269 e. The van der Waals surface area contributed by atoms with Crippen molar-refractivity contribution in [2.24, 2.45) is 0 Å². The molecular weight excluding hydrogens is 360 g/mol. The van der Waals surface area contributed by atoms with Crippen molar-refractivity contribution in [3.63, 3.8) is 0 Å². The molecule has 0 aliphatic rings.